The monoisotopic (exact) mass is 352 g/mol. The van der Waals surface area contributed by atoms with E-state index in [1.165, 1.54) is 25.7 Å². The SMILES string of the molecule is CCNC(=NCc1coc(-c2ccccc2)n1)NCCC1=CCCCC1. The number of oxazole rings is 1. The molecule has 0 bridgehead atoms. The number of aliphatic imine (C=N–C) groups is 1. The molecule has 138 valence electrons. The molecule has 26 heavy (non-hydrogen) atoms. The average Bonchev–Trinajstić information content (AvgIpc) is 3.17. The van der Waals surface area contributed by atoms with Crippen molar-refractivity contribution in [3.63, 3.8) is 0 Å². The van der Waals surface area contributed by atoms with Gasteiger partial charge in [0, 0.05) is 18.7 Å². The molecule has 0 saturated carbocycles. The van der Waals surface area contributed by atoms with Gasteiger partial charge in [-0.25, -0.2) is 9.98 Å². The Labute approximate surface area is 155 Å². The van der Waals surface area contributed by atoms with Crippen LogP contribution < -0.4 is 10.6 Å². The Morgan fingerprint density at radius 2 is 2.08 bits per heavy atom. The van der Waals surface area contributed by atoms with Crippen molar-refractivity contribution in [3.05, 3.63) is 53.9 Å². The van der Waals surface area contributed by atoms with Crippen LogP contribution in [0.2, 0.25) is 0 Å². The molecular formula is C21H28N4O. The van der Waals surface area contributed by atoms with Gasteiger partial charge in [0.2, 0.25) is 5.89 Å². The van der Waals surface area contributed by atoms with Crippen LogP contribution in [-0.2, 0) is 6.54 Å². The predicted molar refractivity (Wildman–Crippen MR) is 106 cm³/mol. The van der Waals surface area contributed by atoms with Crippen molar-refractivity contribution in [2.45, 2.75) is 45.6 Å². The van der Waals surface area contributed by atoms with Crippen molar-refractivity contribution >= 4 is 5.96 Å². The number of aromatic nitrogens is 1. The first-order valence-corrected chi connectivity index (χ1v) is 9.55. The van der Waals surface area contributed by atoms with Gasteiger partial charge in [0.05, 0.1) is 6.54 Å². The van der Waals surface area contributed by atoms with Gasteiger partial charge in [0.25, 0.3) is 0 Å². The summed E-state index contributed by atoms with van der Waals surface area (Å²) in [5.74, 6) is 1.46. The lowest BCUT2D eigenvalue weighted by atomic mass is 9.97. The summed E-state index contributed by atoms with van der Waals surface area (Å²) >= 11 is 0. The molecule has 2 aromatic rings. The number of nitrogens with one attached hydrogen (secondary N) is 2. The number of benzene rings is 1. The van der Waals surface area contributed by atoms with Crippen molar-refractivity contribution in [3.8, 4) is 11.5 Å². The minimum atomic E-state index is 0.494. The normalized spacial score (nSPS) is 14.8. The van der Waals surface area contributed by atoms with Crippen LogP contribution in [0.4, 0.5) is 0 Å². The number of rotatable bonds is 7. The maximum absolute atomic E-state index is 5.57. The molecule has 1 aliphatic carbocycles. The zero-order chi connectivity index (χ0) is 18.0. The third-order valence-corrected chi connectivity index (χ3v) is 4.44. The molecule has 1 aromatic heterocycles. The summed E-state index contributed by atoms with van der Waals surface area (Å²) in [6.45, 7) is 4.31. The van der Waals surface area contributed by atoms with E-state index in [4.69, 9.17) is 4.42 Å². The highest BCUT2D eigenvalue weighted by molar-refractivity contribution is 5.79. The number of hydrogen-bond acceptors (Lipinski definition) is 3. The highest BCUT2D eigenvalue weighted by Gasteiger charge is 2.07. The molecule has 5 heteroatoms. The summed E-state index contributed by atoms with van der Waals surface area (Å²) in [5, 5.41) is 6.71. The van der Waals surface area contributed by atoms with Crippen LogP contribution in [0, 0.1) is 0 Å². The van der Waals surface area contributed by atoms with Crippen molar-refractivity contribution in [1.29, 1.82) is 0 Å². The first-order valence-electron chi connectivity index (χ1n) is 9.55. The smallest absolute Gasteiger partial charge is 0.226 e. The van der Waals surface area contributed by atoms with Crippen molar-refractivity contribution in [1.82, 2.24) is 15.6 Å². The third kappa shape index (κ3) is 5.48. The molecule has 1 heterocycles. The van der Waals surface area contributed by atoms with Gasteiger partial charge in [0.1, 0.15) is 12.0 Å². The van der Waals surface area contributed by atoms with E-state index in [0.29, 0.717) is 12.4 Å². The van der Waals surface area contributed by atoms with Gasteiger partial charge in [-0.05, 0) is 51.2 Å². The van der Waals surface area contributed by atoms with Gasteiger partial charge < -0.3 is 15.1 Å². The molecule has 0 fully saturated rings. The van der Waals surface area contributed by atoms with Crippen LogP contribution in [0.15, 0.2) is 57.7 Å². The van der Waals surface area contributed by atoms with Crippen LogP contribution >= 0.6 is 0 Å². The molecule has 5 nitrogen and oxygen atoms in total. The summed E-state index contributed by atoms with van der Waals surface area (Å²) < 4.78 is 5.57. The van der Waals surface area contributed by atoms with E-state index in [0.717, 1.165) is 36.7 Å². The zero-order valence-corrected chi connectivity index (χ0v) is 15.5. The Kier molecular flexibility index (Phi) is 6.88. The molecule has 0 aliphatic heterocycles. The zero-order valence-electron chi connectivity index (χ0n) is 15.5. The van der Waals surface area contributed by atoms with Crippen LogP contribution in [0.5, 0.6) is 0 Å². The molecular weight excluding hydrogens is 324 g/mol. The summed E-state index contributed by atoms with van der Waals surface area (Å²) in [6, 6.07) is 9.92. The molecule has 2 N–H and O–H groups in total. The highest BCUT2D eigenvalue weighted by Crippen LogP contribution is 2.19. The molecule has 3 rings (SSSR count). The predicted octanol–water partition coefficient (Wildman–Crippen LogP) is 4.29. The fourth-order valence-corrected chi connectivity index (χ4v) is 3.07. The lowest BCUT2D eigenvalue weighted by molar-refractivity contribution is 0.572. The van der Waals surface area contributed by atoms with Crippen LogP contribution in [0.25, 0.3) is 11.5 Å². The summed E-state index contributed by atoms with van der Waals surface area (Å²) in [6.07, 6.45) is 10.3. The van der Waals surface area contributed by atoms with E-state index in [9.17, 15) is 0 Å². The molecule has 0 radical (unpaired) electrons. The number of nitrogens with zero attached hydrogens (tertiary/aromatic N) is 2. The molecule has 0 amide bonds. The van der Waals surface area contributed by atoms with Gasteiger partial charge in [0.15, 0.2) is 5.96 Å². The summed E-state index contributed by atoms with van der Waals surface area (Å²) in [5.41, 5.74) is 3.38. The third-order valence-electron chi connectivity index (χ3n) is 4.44. The van der Waals surface area contributed by atoms with Crippen molar-refractivity contribution in [2.24, 2.45) is 4.99 Å². The largest absolute Gasteiger partial charge is 0.444 e. The van der Waals surface area contributed by atoms with E-state index < -0.39 is 0 Å². The maximum Gasteiger partial charge on any atom is 0.226 e. The second-order valence-electron chi connectivity index (χ2n) is 6.49. The number of guanidine groups is 1. The lowest BCUT2D eigenvalue weighted by Gasteiger charge is -2.14. The quantitative estimate of drug-likeness (QED) is 0.443. The molecule has 0 unspecified atom stereocenters. The maximum atomic E-state index is 5.57. The summed E-state index contributed by atoms with van der Waals surface area (Å²) in [7, 11) is 0. The molecule has 0 saturated heterocycles. The minimum Gasteiger partial charge on any atom is -0.444 e. The number of allylic oxidation sites excluding steroid dienone is 1. The number of hydrogen-bond donors (Lipinski definition) is 2. The van der Waals surface area contributed by atoms with Gasteiger partial charge in [-0.15, -0.1) is 0 Å². The lowest BCUT2D eigenvalue weighted by Crippen LogP contribution is -2.37. The Morgan fingerprint density at radius 1 is 1.19 bits per heavy atom. The second kappa shape index (κ2) is 9.80. The minimum absolute atomic E-state index is 0.494. The Morgan fingerprint density at radius 3 is 2.85 bits per heavy atom. The van der Waals surface area contributed by atoms with E-state index in [-0.39, 0.29) is 0 Å². The fourth-order valence-electron chi connectivity index (χ4n) is 3.07. The Balaban J connectivity index is 1.53. The van der Waals surface area contributed by atoms with Crippen molar-refractivity contribution < 1.29 is 4.42 Å². The van der Waals surface area contributed by atoms with Crippen LogP contribution in [-0.4, -0.2) is 24.0 Å². The Hall–Kier alpha value is -2.56. The summed E-state index contributed by atoms with van der Waals surface area (Å²) in [4.78, 5) is 9.15. The van der Waals surface area contributed by atoms with E-state index in [1.54, 1.807) is 11.8 Å². The van der Waals surface area contributed by atoms with Crippen LogP contribution in [0.1, 0.15) is 44.7 Å². The second-order valence-corrected chi connectivity index (χ2v) is 6.49. The standard InChI is InChI=1S/C21H28N4O/c1-2-22-21(23-14-13-17-9-5-3-6-10-17)24-15-19-16-26-20(25-19)18-11-7-4-8-12-18/h4,7-9,11-12,16H,2-3,5-6,10,13-15H2,1H3,(H2,22,23,24). The topological polar surface area (TPSA) is 62.5 Å². The first-order chi connectivity index (χ1) is 12.8. The van der Waals surface area contributed by atoms with Crippen LogP contribution in [0.3, 0.4) is 0 Å². The van der Waals surface area contributed by atoms with E-state index in [2.05, 4.69) is 33.6 Å². The highest BCUT2D eigenvalue weighted by atomic mass is 16.3. The average molecular weight is 352 g/mol. The van der Waals surface area contributed by atoms with E-state index in [1.807, 2.05) is 30.3 Å². The molecule has 0 spiro atoms. The molecule has 1 aliphatic rings. The molecule has 1 aromatic carbocycles. The first kappa shape index (κ1) is 18.2. The van der Waals surface area contributed by atoms with Crippen molar-refractivity contribution in [2.75, 3.05) is 13.1 Å². The van der Waals surface area contributed by atoms with Gasteiger partial charge >= 0.3 is 0 Å². The van der Waals surface area contributed by atoms with E-state index >= 15 is 0 Å². The molecule has 0 atom stereocenters. The fraction of sp³-hybridized carbons (Fsp3) is 0.429. The van der Waals surface area contributed by atoms with Gasteiger partial charge in [-0.1, -0.05) is 29.8 Å². The van der Waals surface area contributed by atoms with Gasteiger partial charge in [-0.2, -0.15) is 0 Å². The Bertz CT molecular complexity index is 733. The van der Waals surface area contributed by atoms with Gasteiger partial charge in [-0.3, -0.25) is 0 Å².